The monoisotopic (exact) mass is 490 g/mol. The van der Waals surface area contributed by atoms with Crippen molar-refractivity contribution < 1.29 is 38.1 Å². The van der Waals surface area contributed by atoms with Gasteiger partial charge in [0.25, 0.3) is 0 Å². The Morgan fingerprint density at radius 3 is 1.89 bits per heavy atom. The average Bonchev–Trinajstić information content (AvgIpc) is 2.94. The van der Waals surface area contributed by atoms with Gasteiger partial charge in [0.05, 0.1) is 26.9 Å². The van der Waals surface area contributed by atoms with Gasteiger partial charge in [-0.3, -0.25) is 9.59 Å². The van der Waals surface area contributed by atoms with E-state index in [1.165, 1.54) is 31.4 Å². The summed E-state index contributed by atoms with van der Waals surface area (Å²) < 4.78 is 26.8. The number of methoxy groups -OCH3 is 3. The van der Waals surface area contributed by atoms with E-state index in [0.717, 1.165) is 5.56 Å². The van der Waals surface area contributed by atoms with Crippen LogP contribution in [0.25, 0.3) is 0 Å². The minimum atomic E-state index is -0.688. The maximum Gasteiger partial charge on any atom is 0.337 e. The number of esters is 1. The van der Waals surface area contributed by atoms with Gasteiger partial charge in [-0.2, -0.15) is 0 Å². The average molecular weight is 491 g/mol. The lowest BCUT2D eigenvalue weighted by Crippen LogP contribution is -2.20. The number of fused-ring (bicyclic) bond motifs is 1. The van der Waals surface area contributed by atoms with Crippen LogP contribution in [0.3, 0.4) is 0 Å². The van der Waals surface area contributed by atoms with Crippen LogP contribution in [-0.2, 0) is 17.6 Å². The lowest BCUT2D eigenvalue weighted by atomic mass is 9.93. The first-order chi connectivity index (χ1) is 17.4. The molecule has 4 rings (SSSR count). The number of carbonyl (C=O) groups is 3. The predicted molar refractivity (Wildman–Crippen MR) is 131 cm³/mol. The zero-order chi connectivity index (χ0) is 25.7. The fourth-order valence-electron chi connectivity index (χ4n) is 3.97. The number of hydrogen-bond acceptors (Lipinski definition) is 8. The van der Waals surface area contributed by atoms with Crippen molar-refractivity contribution in [3.63, 3.8) is 0 Å². The van der Waals surface area contributed by atoms with Gasteiger partial charge in [0.1, 0.15) is 24.7 Å². The maximum atomic E-state index is 13.4. The largest absolute Gasteiger partial charge is 0.497 e. The highest BCUT2D eigenvalue weighted by molar-refractivity contribution is 6.49. The minimum Gasteiger partial charge on any atom is -0.497 e. The zero-order valence-corrected chi connectivity index (χ0v) is 20.3. The van der Waals surface area contributed by atoms with Gasteiger partial charge in [0.2, 0.25) is 11.6 Å². The molecule has 0 spiro atoms. The summed E-state index contributed by atoms with van der Waals surface area (Å²) in [6.45, 7) is 0.755. The fraction of sp³-hybridized carbons (Fsp3) is 0.250. The minimum absolute atomic E-state index is 0.172. The maximum absolute atomic E-state index is 13.4. The van der Waals surface area contributed by atoms with Crippen LogP contribution in [0.5, 0.6) is 23.0 Å². The molecule has 0 atom stereocenters. The highest BCUT2D eigenvalue weighted by Crippen LogP contribution is 2.35. The van der Waals surface area contributed by atoms with Gasteiger partial charge in [-0.1, -0.05) is 12.1 Å². The molecule has 0 unspecified atom stereocenters. The van der Waals surface area contributed by atoms with Crippen molar-refractivity contribution >= 4 is 17.5 Å². The third-order valence-corrected chi connectivity index (χ3v) is 5.88. The van der Waals surface area contributed by atoms with Crippen molar-refractivity contribution in [3.05, 3.63) is 82.4 Å². The Bertz CT molecular complexity index is 1270. The number of ketones is 2. The van der Waals surface area contributed by atoms with Crippen molar-refractivity contribution in [3.8, 4) is 23.0 Å². The molecular formula is C28H26O8. The number of carbonyl (C=O) groups excluding carboxylic acids is 3. The molecule has 186 valence electrons. The zero-order valence-electron chi connectivity index (χ0n) is 20.3. The van der Waals surface area contributed by atoms with Crippen LogP contribution < -0.4 is 18.9 Å². The van der Waals surface area contributed by atoms with Crippen molar-refractivity contribution in [2.45, 2.75) is 12.8 Å². The summed E-state index contributed by atoms with van der Waals surface area (Å²) in [5, 5.41) is 0. The summed E-state index contributed by atoms with van der Waals surface area (Å²) in [4.78, 5) is 38.1. The SMILES string of the molecule is COC(=O)c1ccc(C(=O)C(=O)c2cc3c(cc2CCc2cc(OC)cc(OC)c2)OCCO3)cc1. The summed E-state index contributed by atoms with van der Waals surface area (Å²) in [7, 11) is 4.44. The Kier molecular flexibility index (Phi) is 7.53. The molecule has 8 nitrogen and oxygen atoms in total. The van der Waals surface area contributed by atoms with Crippen LogP contribution in [0, 0.1) is 0 Å². The summed E-state index contributed by atoms with van der Waals surface area (Å²) in [5.41, 5.74) is 2.31. The quantitative estimate of drug-likeness (QED) is 0.251. The van der Waals surface area contributed by atoms with E-state index in [4.69, 9.17) is 18.9 Å². The van der Waals surface area contributed by atoms with E-state index < -0.39 is 17.5 Å². The smallest absolute Gasteiger partial charge is 0.337 e. The van der Waals surface area contributed by atoms with Gasteiger partial charge < -0.3 is 23.7 Å². The number of Topliss-reactive ketones (excluding diaryl/α,β-unsaturated/α-hetero) is 2. The fourth-order valence-corrected chi connectivity index (χ4v) is 3.97. The van der Waals surface area contributed by atoms with E-state index in [9.17, 15) is 14.4 Å². The van der Waals surface area contributed by atoms with Gasteiger partial charge in [0.15, 0.2) is 11.5 Å². The molecule has 0 fully saturated rings. The molecule has 0 radical (unpaired) electrons. The lowest BCUT2D eigenvalue weighted by molar-refractivity contribution is 0.0600. The Balaban J connectivity index is 1.64. The van der Waals surface area contributed by atoms with Crippen LogP contribution in [0.2, 0.25) is 0 Å². The van der Waals surface area contributed by atoms with Gasteiger partial charge in [0, 0.05) is 17.2 Å². The third kappa shape index (κ3) is 5.33. The van der Waals surface area contributed by atoms with Crippen LogP contribution in [0.4, 0.5) is 0 Å². The molecule has 0 N–H and O–H groups in total. The molecule has 1 aliphatic heterocycles. The molecule has 0 aromatic heterocycles. The van der Waals surface area contributed by atoms with Gasteiger partial charge in [-0.05, 0) is 60.4 Å². The summed E-state index contributed by atoms with van der Waals surface area (Å²) >= 11 is 0. The van der Waals surface area contributed by atoms with Crippen molar-refractivity contribution in [1.82, 2.24) is 0 Å². The molecule has 0 amide bonds. The van der Waals surface area contributed by atoms with E-state index in [0.29, 0.717) is 54.6 Å². The highest BCUT2D eigenvalue weighted by atomic mass is 16.6. The molecule has 0 bridgehead atoms. The standard InChI is InChI=1S/C28H26O8/c1-32-21-12-17(13-22(15-21)33-2)4-5-20-14-24-25(36-11-10-35-24)16-23(20)27(30)26(29)18-6-8-19(9-7-18)28(31)34-3/h6-9,12-16H,4-5,10-11H2,1-3H3. The van der Waals surface area contributed by atoms with Gasteiger partial charge in [-0.25, -0.2) is 4.79 Å². The molecule has 36 heavy (non-hydrogen) atoms. The molecule has 3 aromatic rings. The number of ether oxygens (including phenoxy) is 5. The Morgan fingerprint density at radius 2 is 1.31 bits per heavy atom. The molecule has 0 aliphatic carbocycles. The van der Waals surface area contributed by atoms with E-state index >= 15 is 0 Å². The van der Waals surface area contributed by atoms with Crippen molar-refractivity contribution in [1.29, 1.82) is 0 Å². The van der Waals surface area contributed by atoms with Gasteiger partial charge in [-0.15, -0.1) is 0 Å². The first-order valence-corrected chi connectivity index (χ1v) is 11.4. The predicted octanol–water partition coefficient (Wildman–Crippen LogP) is 4.11. The van der Waals surface area contributed by atoms with Crippen molar-refractivity contribution in [2.75, 3.05) is 34.5 Å². The topological polar surface area (TPSA) is 97.4 Å². The second-order valence-corrected chi connectivity index (χ2v) is 8.10. The summed E-state index contributed by atoms with van der Waals surface area (Å²) in [6.07, 6.45) is 1.03. The molecule has 8 heteroatoms. The molecule has 3 aromatic carbocycles. The molecular weight excluding hydrogens is 464 g/mol. The van der Waals surface area contributed by atoms with E-state index in [2.05, 4.69) is 4.74 Å². The summed E-state index contributed by atoms with van der Waals surface area (Å²) in [6, 6.07) is 14.7. The number of aryl methyl sites for hydroxylation is 2. The van der Waals surface area contributed by atoms with Crippen molar-refractivity contribution in [2.24, 2.45) is 0 Å². The van der Waals surface area contributed by atoms with Crippen LogP contribution in [0.1, 0.15) is 42.2 Å². The molecule has 1 heterocycles. The second kappa shape index (κ2) is 10.9. The van der Waals surface area contributed by atoms with Crippen LogP contribution in [-0.4, -0.2) is 52.1 Å². The Morgan fingerprint density at radius 1 is 0.722 bits per heavy atom. The highest BCUT2D eigenvalue weighted by Gasteiger charge is 2.25. The number of hydrogen-bond donors (Lipinski definition) is 0. The van der Waals surface area contributed by atoms with Gasteiger partial charge >= 0.3 is 5.97 Å². The number of benzene rings is 3. The van der Waals surface area contributed by atoms with Crippen LogP contribution >= 0.6 is 0 Å². The molecule has 1 aliphatic rings. The number of rotatable bonds is 9. The summed E-state index contributed by atoms with van der Waals surface area (Å²) in [5.74, 6) is 0.393. The molecule has 0 saturated heterocycles. The Hall–Kier alpha value is -4.33. The second-order valence-electron chi connectivity index (χ2n) is 8.10. The van der Waals surface area contributed by atoms with Crippen LogP contribution in [0.15, 0.2) is 54.6 Å². The normalized spacial score (nSPS) is 12.0. The first-order valence-electron chi connectivity index (χ1n) is 11.4. The van der Waals surface area contributed by atoms with E-state index in [-0.39, 0.29) is 16.7 Å². The van der Waals surface area contributed by atoms with E-state index in [1.54, 1.807) is 32.4 Å². The first kappa shape index (κ1) is 24.8. The Labute approximate surface area is 208 Å². The third-order valence-electron chi connectivity index (χ3n) is 5.88. The molecule has 0 saturated carbocycles. The van der Waals surface area contributed by atoms with E-state index in [1.807, 2.05) is 12.1 Å². The lowest BCUT2D eigenvalue weighted by Gasteiger charge is -2.21.